The second-order valence-electron chi connectivity index (χ2n) is 9.05. The Morgan fingerprint density at radius 3 is 2.34 bits per heavy atom. The number of aliphatic hydroxyl groups is 2. The third-order valence-electron chi connectivity index (χ3n) is 6.38. The molecule has 204 valence electrons. The number of nitro benzene ring substituents is 1. The molecule has 2 atom stereocenters. The maximum Gasteiger partial charge on any atom is 0.332 e. The number of nitro groups is 1. The Labute approximate surface area is 222 Å². The second kappa shape index (κ2) is 11.4. The van der Waals surface area contributed by atoms with E-state index in [0.717, 1.165) is 9.47 Å². The van der Waals surface area contributed by atoms with Crippen molar-refractivity contribution in [1.29, 1.82) is 0 Å². The molecule has 0 amide bonds. The average Bonchev–Trinajstić information content (AvgIpc) is 2.85. The molecule has 0 saturated heterocycles. The number of nitrogens with zero attached hydrogens (tertiary/aromatic N) is 5. The molecule has 13 heteroatoms. The molecule has 0 spiro atoms. The number of ketones is 1. The van der Waals surface area contributed by atoms with E-state index in [1.54, 1.807) is 6.92 Å². The standard InChI is InChI=1S/C25H30ClN5O7/c1-13-20(19(34)8-6-7-11-26)21(22-23(27-13)28(4)25(36)29(5)24(22)35)16-9-10-17(18(12-16)31(37)38)30(14(2)32)15(3)33/h9-10,12,14-15,32-33H,6-8,11H2,1-5H3. The quantitative estimate of drug-likeness (QED) is 0.0970. The predicted molar refractivity (Wildman–Crippen MR) is 144 cm³/mol. The Hall–Kier alpha value is -3.61. The molecular weight excluding hydrogens is 518 g/mol. The fourth-order valence-corrected chi connectivity index (χ4v) is 4.79. The molecular formula is C25H30ClN5O7. The predicted octanol–water partition coefficient (Wildman–Crippen LogP) is 2.59. The topological polar surface area (TPSA) is 161 Å². The smallest absolute Gasteiger partial charge is 0.332 e. The van der Waals surface area contributed by atoms with Gasteiger partial charge in [0.25, 0.3) is 11.2 Å². The molecule has 3 rings (SSSR count). The maximum absolute atomic E-state index is 13.4. The lowest BCUT2D eigenvalue weighted by Gasteiger charge is -2.30. The van der Waals surface area contributed by atoms with Gasteiger partial charge in [-0.15, -0.1) is 11.6 Å². The van der Waals surface area contributed by atoms with Gasteiger partial charge >= 0.3 is 5.69 Å². The summed E-state index contributed by atoms with van der Waals surface area (Å²) in [6, 6.07) is 3.98. The molecule has 38 heavy (non-hydrogen) atoms. The van der Waals surface area contributed by atoms with Gasteiger partial charge < -0.3 is 15.1 Å². The molecule has 0 radical (unpaired) electrons. The van der Waals surface area contributed by atoms with Crippen molar-refractivity contribution in [1.82, 2.24) is 14.1 Å². The van der Waals surface area contributed by atoms with Crippen LogP contribution in [-0.2, 0) is 14.1 Å². The van der Waals surface area contributed by atoms with E-state index in [9.17, 15) is 34.7 Å². The first-order chi connectivity index (χ1) is 17.8. The number of hydrogen-bond donors (Lipinski definition) is 2. The van der Waals surface area contributed by atoms with Crippen LogP contribution >= 0.6 is 11.6 Å². The van der Waals surface area contributed by atoms with Gasteiger partial charge in [0.2, 0.25) is 0 Å². The third kappa shape index (κ3) is 5.19. The van der Waals surface area contributed by atoms with Crippen LogP contribution in [0, 0.1) is 17.0 Å². The highest BCUT2D eigenvalue weighted by Crippen LogP contribution is 2.38. The van der Waals surface area contributed by atoms with Crippen molar-refractivity contribution in [2.24, 2.45) is 14.1 Å². The van der Waals surface area contributed by atoms with Gasteiger partial charge in [0, 0.05) is 43.6 Å². The average molecular weight is 548 g/mol. The van der Waals surface area contributed by atoms with Crippen LogP contribution in [0.4, 0.5) is 11.4 Å². The van der Waals surface area contributed by atoms with Gasteiger partial charge in [0.1, 0.15) is 23.8 Å². The molecule has 0 aliphatic heterocycles. The van der Waals surface area contributed by atoms with Gasteiger partial charge in [-0.05, 0) is 45.2 Å². The number of alkyl halides is 1. The number of fused-ring (bicyclic) bond motifs is 1. The Morgan fingerprint density at radius 1 is 1.16 bits per heavy atom. The highest BCUT2D eigenvalue weighted by atomic mass is 35.5. The largest absolute Gasteiger partial charge is 0.374 e. The summed E-state index contributed by atoms with van der Waals surface area (Å²) in [6.07, 6.45) is -1.33. The summed E-state index contributed by atoms with van der Waals surface area (Å²) in [5, 5.41) is 32.4. The molecule has 0 bridgehead atoms. The summed E-state index contributed by atoms with van der Waals surface area (Å²) >= 11 is 5.77. The van der Waals surface area contributed by atoms with Crippen molar-refractivity contribution in [3.63, 3.8) is 0 Å². The first-order valence-corrected chi connectivity index (χ1v) is 12.5. The van der Waals surface area contributed by atoms with Crippen LogP contribution in [0.25, 0.3) is 22.2 Å². The van der Waals surface area contributed by atoms with E-state index in [0.29, 0.717) is 18.7 Å². The molecule has 0 fully saturated rings. The van der Waals surface area contributed by atoms with Gasteiger partial charge in [-0.1, -0.05) is 6.07 Å². The molecule has 2 unspecified atom stereocenters. The van der Waals surface area contributed by atoms with E-state index in [1.807, 2.05) is 0 Å². The summed E-state index contributed by atoms with van der Waals surface area (Å²) in [7, 11) is 2.74. The normalized spacial score (nSPS) is 12.9. The molecule has 2 N–H and O–H groups in total. The monoisotopic (exact) mass is 547 g/mol. The van der Waals surface area contributed by atoms with Crippen molar-refractivity contribution in [3.8, 4) is 11.1 Å². The lowest BCUT2D eigenvalue weighted by atomic mass is 9.91. The maximum atomic E-state index is 13.4. The Kier molecular flexibility index (Phi) is 8.70. The van der Waals surface area contributed by atoms with Crippen LogP contribution in [0.3, 0.4) is 0 Å². The highest BCUT2D eigenvalue weighted by Gasteiger charge is 2.29. The summed E-state index contributed by atoms with van der Waals surface area (Å²) in [5.41, 5.74) is -1.15. The van der Waals surface area contributed by atoms with Gasteiger partial charge in [-0.25, -0.2) is 9.78 Å². The summed E-state index contributed by atoms with van der Waals surface area (Å²) in [4.78, 5) is 56.3. The summed E-state index contributed by atoms with van der Waals surface area (Å²) < 4.78 is 2.07. The van der Waals surface area contributed by atoms with Gasteiger partial charge in [-0.2, -0.15) is 0 Å². The van der Waals surface area contributed by atoms with E-state index in [-0.39, 0.29) is 51.3 Å². The molecule has 1 aromatic carbocycles. The molecule has 2 heterocycles. The lowest BCUT2D eigenvalue weighted by molar-refractivity contribution is -0.384. The zero-order valence-corrected chi connectivity index (χ0v) is 22.5. The summed E-state index contributed by atoms with van der Waals surface area (Å²) in [5.74, 6) is 0.0447. The van der Waals surface area contributed by atoms with E-state index < -0.39 is 34.3 Å². The van der Waals surface area contributed by atoms with E-state index in [4.69, 9.17) is 11.6 Å². The third-order valence-corrected chi connectivity index (χ3v) is 6.65. The number of carbonyl (C=O) groups excluding carboxylic acids is 1. The number of hydrogen-bond acceptors (Lipinski definition) is 9. The first kappa shape index (κ1) is 29.0. The van der Waals surface area contributed by atoms with E-state index in [2.05, 4.69) is 4.98 Å². The van der Waals surface area contributed by atoms with Crippen LogP contribution in [0.1, 0.15) is 49.2 Å². The number of aryl methyl sites for hydroxylation is 2. The van der Waals surface area contributed by atoms with Crippen LogP contribution in [-0.4, -0.2) is 53.4 Å². The number of aliphatic hydroxyl groups excluding tert-OH is 2. The van der Waals surface area contributed by atoms with Gasteiger partial charge in [0.05, 0.1) is 16.0 Å². The number of unbranched alkanes of at least 4 members (excludes halogenated alkanes) is 1. The number of Topliss-reactive ketones (excluding diaryl/α,β-unsaturated/α-hetero) is 1. The fraction of sp³-hybridized carbons (Fsp3) is 0.440. The van der Waals surface area contributed by atoms with Gasteiger partial charge in [-0.3, -0.25) is 28.8 Å². The zero-order valence-electron chi connectivity index (χ0n) is 21.8. The number of benzene rings is 1. The minimum atomic E-state index is -1.26. The molecule has 2 aromatic heterocycles. The molecule has 0 aliphatic carbocycles. The van der Waals surface area contributed by atoms with Crippen molar-refractivity contribution in [2.75, 3.05) is 10.8 Å². The van der Waals surface area contributed by atoms with Crippen molar-refractivity contribution < 1.29 is 19.9 Å². The molecule has 3 aromatic rings. The Morgan fingerprint density at radius 2 is 1.79 bits per heavy atom. The second-order valence-corrected chi connectivity index (χ2v) is 9.43. The number of aromatic nitrogens is 3. The minimum absolute atomic E-state index is 0.0317. The Bertz CT molecular complexity index is 1520. The molecule has 12 nitrogen and oxygen atoms in total. The molecule has 0 saturated carbocycles. The molecule has 0 aliphatic rings. The van der Waals surface area contributed by atoms with Crippen molar-refractivity contribution in [3.05, 3.63) is 60.4 Å². The highest BCUT2D eigenvalue weighted by molar-refractivity contribution is 6.17. The van der Waals surface area contributed by atoms with Crippen molar-refractivity contribution in [2.45, 2.75) is 52.5 Å². The van der Waals surface area contributed by atoms with Crippen LogP contribution in [0.15, 0.2) is 27.8 Å². The SMILES string of the molecule is Cc1nc2c(c(-c3ccc(N(C(C)O)C(C)O)c([N+](=O)[O-])c3)c1C(=O)CCCCCl)c(=O)n(C)c(=O)n2C. The van der Waals surface area contributed by atoms with Crippen LogP contribution in [0.5, 0.6) is 0 Å². The number of pyridine rings is 1. The lowest BCUT2D eigenvalue weighted by Crippen LogP contribution is -2.40. The van der Waals surface area contributed by atoms with Gasteiger partial charge in [0.15, 0.2) is 5.78 Å². The summed E-state index contributed by atoms with van der Waals surface area (Å²) in [6.45, 7) is 4.28. The fourth-order valence-electron chi connectivity index (χ4n) is 4.60. The van der Waals surface area contributed by atoms with E-state index >= 15 is 0 Å². The van der Waals surface area contributed by atoms with E-state index in [1.165, 1.54) is 50.7 Å². The number of anilines is 1. The van der Waals surface area contributed by atoms with Crippen LogP contribution in [0.2, 0.25) is 0 Å². The van der Waals surface area contributed by atoms with Crippen LogP contribution < -0.4 is 16.1 Å². The number of rotatable bonds is 10. The number of carbonyl (C=O) groups is 1. The minimum Gasteiger partial charge on any atom is -0.374 e. The van der Waals surface area contributed by atoms with Crippen molar-refractivity contribution >= 4 is 39.8 Å². The number of halogens is 1. The Balaban J connectivity index is 2.49. The zero-order chi connectivity index (χ0) is 28.5. The first-order valence-electron chi connectivity index (χ1n) is 12.0.